The Balaban J connectivity index is 1.17. The van der Waals surface area contributed by atoms with Crippen molar-refractivity contribution in [3.63, 3.8) is 0 Å². The van der Waals surface area contributed by atoms with E-state index >= 15 is 0 Å². The van der Waals surface area contributed by atoms with Gasteiger partial charge in [0.2, 0.25) is 21.1 Å². The van der Waals surface area contributed by atoms with E-state index in [0.29, 0.717) is 16.7 Å². The molecule has 3 N–H and O–H groups in total. The van der Waals surface area contributed by atoms with Crippen LogP contribution in [0.5, 0.6) is 0 Å². The van der Waals surface area contributed by atoms with Gasteiger partial charge in [-0.3, -0.25) is 18.8 Å². The van der Waals surface area contributed by atoms with Crippen LogP contribution in [-0.4, -0.2) is 74.0 Å². The second-order valence-electron chi connectivity index (χ2n) is 17.1. The van der Waals surface area contributed by atoms with Crippen LogP contribution in [0.2, 0.25) is 0 Å². The van der Waals surface area contributed by atoms with Crippen LogP contribution in [0.25, 0.3) is 38.1 Å². The van der Waals surface area contributed by atoms with E-state index in [2.05, 4.69) is 30.2 Å². The largest absolute Gasteiger partial charge is 0.744 e. The van der Waals surface area contributed by atoms with E-state index in [-0.39, 0.29) is 33.2 Å². The van der Waals surface area contributed by atoms with Crippen LogP contribution in [0.15, 0.2) is 210 Å². The van der Waals surface area contributed by atoms with Gasteiger partial charge in [0.1, 0.15) is 10.1 Å². The van der Waals surface area contributed by atoms with E-state index in [1.165, 1.54) is 48.2 Å². The van der Waals surface area contributed by atoms with Gasteiger partial charge in [-0.2, -0.15) is 16.8 Å². The zero-order valence-corrected chi connectivity index (χ0v) is 42.9. The number of benzene rings is 5. The van der Waals surface area contributed by atoms with Gasteiger partial charge in [-0.05, 0) is 143 Å². The summed E-state index contributed by atoms with van der Waals surface area (Å²) in [5.74, 6) is -0.926. The van der Waals surface area contributed by atoms with Gasteiger partial charge >= 0.3 is 5.97 Å². The highest BCUT2D eigenvalue weighted by molar-refractivity contribution is 8.12. The van der Waals surface area contributed by atoms with Crippen molar-refractivity contribution in [1.82, 2.24) is 4.90 Å². The molecule has 0 aliphatic carbocycles. The maximum absolute atomic E-state index is 11.9. The molecule has 18 heteroatoms. The molecule has 0 spiro atoms. The molecule has 1 fully saturated rings. The van der Waals surface area contributed by atoms with Crippen molar-refractivity contribution in [2.45, 2.75) is 50.9 Å². The molecule has 366 valence electrons. The third-order valence-electron chi connectivity index (χ3n) is 12.4. The summed E-state index contributed by atoms with van der Waals surface area (Å²) in [6, 6.07) is 39.2. The number of hydrogen-bond acceptors (Lipinski definition) is 11. The van der Waals surface area contributed by atoms with Gasteiger partial charge < -0.3 is 9.66 Å². The third kappa shape index (κ3) is 11.7. The molecule has 3 aliphatic heterocycles. The fourth-order valence-electron chi connectivity index (χ4n) is 8.82. The Morgan fingerprint density at radius 2 is 1.29 bits per heavy atom. The minimum atomic E-state index is -4.64. The van der Waals surface area contributed by atoms with Crippen molar-refractivity contribution in [3.05, 3.63) is 212 Å². The summed E-state index contributed by atoms with van der Waals surface area (Å²) in [7, 11) is -11.4. The van der Waals surface area contributed by atoms with Crippen LogP contribution in [0.1, 0.15) is 34.4 Å². The SMILES string of the molecule is CN1C2CCC1/C(=C\C=C1/C=C(c3ccc(S(=O)(=O)O)cc3)C=C(c3ccc(S(=O)(=O)O)cc3)S1)C(Sc1ccc(CC(=O)O)cc1)=C2/C=C/c1cc(-c2ccc(S(=O)(=O)[O-])cc2)cc(-c2ccccc2)[s+]1. The fourth-order valence-corrected chi connectivity index (χ4v) is 13.4. The quantitative estimate of drug-likeness (QED) is 0.0685. The summed E-state index contributed by atoms with van der Waals surface area (Å²) in [6.45, 7) is 0. The van der Waals surface area contributed by atoms with Gasteiger partial charge in [0.15, 0.2) is 0 Å². The Morgan fingerprint density at radius 1 is 0.694 bits per heavy atom. The molecule has 6 aromatic rings. The summed E-state index contributed by atoms with van der Waals surface area (Å²) >= 11 is 4.64. The summed E-state index contributed by atoms with van der Waals surface area (Å²) < 4.78 is 102. The van der Waals surface area contributed by atoms with E-state index in [1.54, 1.807) is 59.5 Å². The number of carbonyl (C=O) groups is 1. The smallest absolute Gasteiger partial charge is 0.307 e. The van der Waals surface area contributed by atoms with Crippen molar-refractivity contribution >= 4 is 87.7 Å². The number of rotatable bonds is 14. The Hall–Kier alpha value is -6.03. The number of likely N-dealkylation sites (N-methyl/N-ethyl adjacent to an activating group) is 1. The topological polar surface area (TPSA) is 206 Å². The molecule has 12 nitrogen and oxygen atoms in total. The lowest BCUT2D eigenvalue weighted by molar-refractivity contribution is -0.136. The standard InChI is InChI=1S/C54H43NO11S6/c1-55-49-27-28-50(55)48(26-18-43-31-40(36-11-21-45(22-12-36)71(61,62)63)33-52(68-43)38-13-23-46(24-14-38)72(64,65)66)54(69-41-15-7-34(8-16-41)29-53(56)57)47(49)25-17-42-30-39(32-51(67-42)37-5-3-2-4-6-37)35-9-19-44(20-10-35)70(58,59)60/h2-26,30-33,49-50H,27-29H2,1H3,(H3-,56,57,58,59,60,61,62,63,64,65,66). The van der Waals surface area contributed by atoms with Crippen LogP contribution < -0.4 is 0 Å². The van der Waals surface area contributed by atoms with Crippen molar-refractivity contribution in [3.8, 4) is 21.6 Å². The Labute approximate surface area is 430 Å². The second-order valence-corrected chi connectivity index (χ2v) is 24.6. The molecule has 2 bridgehead atoms. The van der Waals surface area contributed by atoms with Crippen LogP contribution in [-0.2, 0) is 41.6 Å². The molecule has 72 heavy (non-hydrogen) atoms. The minimum absolute atomic E-state index is 0.0301. The van der Waals surface area contributed by atoms with Crippen LogP contribution in [0.3, 0.4) is 0 Å². The number of allylic oxidation sites excluding steroid dienone is 5. The predicted octanol–water partition coefficient (Wildman–Crippen LogP) is 11.6. The lowest BCUT2D eigenvalue weighted by atomic mass is 9.96. The highest BCUT2D eigenvalue weighted by Gasteiger charge is 2.41. The van der Waals surface area contributed by atoms with Gasteiger partial charge in [-0.15, -0.1) is 0 Å². The minimum Gasteiger partial charge on any atom is -0.744 e. The number of carboxylic acids is 1. The van der Waals surface area contributed by atoms with Crippen LogP contribution in [0, 0.1) is 0 Å². The summed E-state index contributed by atoms with van der Waals surface area (Å²) in [5.41, 5.74) is 7.41. The number of hydrogen-bond donors (Lipinski definition) is 3. The molecule has 9 rings (SSSR count). The average molecular weight is 1070 g/mol. The third-order valence-corrected chi connectivity index (χ3v) is 18.3. The number of aliphatic carboxylic acids is 1. The molecule has 2 unspecified atom stereocenters. The molecule has 4 heterocycles. The van der Waals surface area contributed by atoms with E-state index in [4.69, 9.17) is 0 Å². The maximum Gasteiger partial charge on any atom is 0.307 e. The molecule has 0 saturated carbocycles. The van der Waals surface area contributed by atoms with E-state index < -0.39 is 36.3 Å². The number of thioether (sulfide) groups is 2. The fraction of sp³-hybridized carbons (Fsp3) is 0.111. The first kappa shape index (κ1) is 50.9. The number of nitrogens with zero attached hydrogens (tertiary/aromatic N) is 1. The summed E-state index contributed by atoms with van der Waals surface area (Å²) in [6.07, 6.45) is 13.9. The first-order chi connectivity index (χ1) is 34.3. The van der Waals surface area contributed by atoms with Gasteiger partial charge in [0, 0.05) is 55.5 Å². The molecule has 1 aromatic heterocycles. The van der Waals surface area contributed by atoms with Gasteiger partial charge in [0.25, 0.3) is 20.2 Å². The molecule has 5 aromatic carbocycles. The van der Waals surface area contributed by atoms with Crippen molar-refractivity contribution in [2.75, 3.05) is 7.05 Å². The Morgan fingerprint density at radius 3 is 1.90 bits per heavy atom. The van der Waals surface area contributed by atoms with Gasteiger partial charge in [-0.1, -0.05) is 102 Å². The van der Waals surface area contributed by atoms with E-state index in [9.17, 15) is 48.8 Å². The molecule has 0 amide bonds. The maximum atomic E-state index is 11.9. The summed E-state index contributed by atoms with van der Waals surface area (Å²) in [4.78, 5) is 18.5. The van der Waals surface area contributed by atoms with E-state index in [1.807, 2.05) is 85.0 Å². The molecule has 0 radical (unpaired) electrons. The van der Waals surface area contributed by atoms with E-state index in [0.717, 1.165) is 75.6 Å². The first-order valence-electron chi connectivity index (χ1n) is 22.2. The predicted molar refractivity (Wildman–Crippen MR) is 284 cm³/mol. The zero-order chi connectivity index (χ0) is 51.0. The van der Waals surface area contributed by atoms with Gasteiger partial charge in [0.05, 0.1) is 21.1 Å². The lowest BCUT2D eigenvalue weighted by Crippen LogP contribution is -2.38. The van der Waals surface area contributed by atoms with Gasteiger partial charge in [-0.25, -0.2) is 8.42 Å². The molecule has 3 aliphatic rings. The molecule has 1 saturated heterocycles. The number of carboxylic acid groups (broad SMARTS) is 1. The number of fused-ring (bicyclic) bond motifs is 2. The Kier molecular flexibility index (Phi) is 14.7. The van der Waals surface area contributed by atoms with Crippen LogP contribution >= 0.6 is 34.9 Å². The Bertz CT molecular complexity index is 3640. The van der Waals surface area contributed by atoms with Crippen molar-refractivity contribution in [1.29, 1.82) is 0 Å². The second kappa shape index (κ2) is 20.8. The monoisotopic (exact) mass is 1070 g/mol. The highest BCUT2D eigenvalue weighted by Crippen LogP contribution is 2.49. The molecular weight excluding hydrogens is 1030 g/mol. The lowest BCUT2D eigenvalue weighted by Gasteiger charge is -2.36. The van der Waals surface area contributed by atoms with Crippen LogP contribution in [0.4, 0.5) is 0 Å². The van der Waals surface area contributed by atoms with Crippen molar-refractivity contribution in [2.24, 2.45) is 0 Å². The highest BCUT2D eigenvalue weighted by atomic mass is 32.2. The summed E-state index contributed by atoms with van der Waals surface area (Å²) in [5, 5.41) is 9.48. The normalized spacial score (nSPS) is 18.7. The zero-order valence-electron chi connectivity index (χ0n) is 38.0. The average Bonchev–Trinajstić information content (AvgIpc) is 3.65. The molecule has 2 atom stereocenters. The molecular formula is C54H43NO11S6. The van der Waals surface area contributed by atoms with Crippen molar-refractivity contribution < 1.29 is 48.8 Å². The first-order valence-corrected chi connectivity index (χ1v) is 28.9.